The number of hydrogen-bond acceptors (Lipinski definition) is 3. The van der Waals surface area contributed by atoms with Gasteiger partial charge >= 0.3 is 0 Å². The average Bonchev–Trinajstić information content (AvgIpc) is 2.74. The molecule has 0 saturated carbocycles. The molecule has 0 unspecified atom stereocenters. The molecule has 0 heterocycles. The Kier molecular flexibility index (Phi) is 8.71. The van der Waals surface area contributed by atoms with E-state index in [4.69, 9.17) is 15.4 Å². The van der Waals surface area contributed by atoms with Gasteiger partial charge in [-0.2, -0.15) is 0 Å². The highest BCUT2D eigenvalue weighted by molar-refractivity contribution is 6.29. The van der Waals surface area contributed by atoms with E-state index in [1.807, 2.05) is 13.8 Å². The van der Waals surface area contributed by atoms with Gasteiger partial charge in [0, 0.05) is 0 Å². The van der Waals surface area contributed by atoms with Gasteiger partial charge in [0.05, 0.1) is 28.4 Å². The molecule has 0 aliphatic carbocycles. The van der Waals surface area contributed by atoms with Crippen LogP contribution >= 0.6 is 0 Å². The third-order valence-corrected chi connectivity index (χ3v) is 5.72. The Labute approximate surface area is 188 Å². The normalized spacial score (nSPS) is 12.5. The zero-order valence-electron chi connectivity index (χ0n) is 20.4. The van der Waals surface area contributed by atoms with E-state index in [0.717, 1.165) is 35.6 Å². The highest BCUT2D eigenvalue weighted by Gasteiger charge is 2.16. The Hall–Kier alpha value is -2.77. The van der Waals surface area contributed by atoms with Crippen LogP contribution in [0.5, 0.6) is 0 Å². The monoisotopic (exact) mass is 415 g/mol. The average molecular weight is 416 g/mol. The fraction of sp³-hybridized carbons (Fsp3) is 0.429. The molecule has 2 aromatic carbocycles. The summed E-state index contributed by atoms with van der Waals surface area (Å²) >= 11 is 0. The van der Waals surface area contributed by atoms with Gasteiger partial charge in [-0.1, -0.05) is 77.9 Å². The molecule has 2 rings (SSSR count). The van der Waals surface area contributed by atoms with E-state index in [2.05, 4.69) is 83.8 Å². The molecule has 3 nitrogen and oxygen atoms in total. The number of rotatable bonds is 8. The SMILES string of the molecule is CCc1cccc(CC)c1N=C(C)C(=C=N)C(C)=Nc1c(C(C)C)cccc1C(C)C. The lowest BCUT2D eigenvalue weighted by Crippen LogP contribution is -2.09. The van der Waals surface area contributed by atoms with Crippen LogP contribution in [0.4, 0.5) is 11.4 Å². The van der Waals surface area contributed by atoms with Crippen molar-refractivity contribution in [2.45, 2.75) is 80.1 Å². The molecule has 0 amide bonds. The zero-order valence-corrected chi connectivity index (χ0v) is 20.4. The zero-order chi connectivity index (χ0) is 23.1. The van der Waals surface area contributed by atoms with Crippen LogP contribution in [0.2, 0.25) is 0 Å². The molecule has 0 aromatic heterocycles. The summed E-state index contributed by atoms with van der Waals surface area (Å²) in [5.41, 5.74) is 9.17. The molecule has 0 saturated heterocycles. The van der Waals surface area contributed by atoms with Crippen molar-refractivity contribution in [1.29, 1.82) is 5.41 Å². The highest BCUT2D eigenvalue weighted by atomic mass is 14.8. The summed E-state index contributed by atoms with van der Waals surface area (Å²) in [7, 11) is 0. The fourth-order valence-corrected chi connectivity index (χ4v) is 3.89. The third kappa shape index (κ3) is 5.68. The van der Waals surface area contributed by atoms with Gasteiger partial charge in [-0.15, -0.1) is 0 Å². The summed E-state index contributed by atoms with van der Waals surface area (Å²) in [6.45, 7) is 17.0. The van der Waals surface area contributed by atoms with Crippen LogP contribution in [0.15, 0.2) is 52.0 Å². The van der Waals surface area contributed by atoms with E-state index in [1.165, 1.54) is 22.3 Å². The minimum absolute atomic E-state index is 0.371. The first-order chi connectivity index (χ1) is 14.7. The smallest absolute Gasteiger partial charge is 0.0778 e. The maximum atomic E-state index is 7.98. The molecule has 0 spiro atoms. The summed E-state index contributed by atoms with van der Waals surface area (Å²) in [6, 6.07) is 12.8. The largest absolute Gasteiger partial charge is 0.258 e. The van der Waals surface area contributed by atoms with Crippen molar-refractivity contribution in [2.24, 2.45) is 9.98 Å². The summed E-state index contributed by atoms with van der Waals surface area (Å²) in [5.74, 6) is 3.36. The molecular formula is C28H37N3. The second-order valence-corrected chi connectivity index (χ2v) is 8.62. The Morgan fingerprint density at radius 1 is 0.774 bits per heavy atom. The van der Waals surface area contributed by atoms with Crippen molar-refractivity contribution < 1.29 is 0 Å². The minimum atomic E-state index is 0.371. The molecule has 0 aliphatic heterocycles. The van der Waals surface area contributed by atoms with E-state index in [9.17, 15) is 0 Å². The number of aryl methyl sites for hydroxylation is 2. The van der Waals surface area contributed by atoms with Crippen LogP contribution in [-0.4, -0.2) is 17.3 Å². The van der Waals surface area contributed by atoms with Gasteiger partial charge in [0.15, 0.2) is 0 Å². The Morgan fingerprint density at radius 3 is 1.58 bits per heavy atom. The second-order valence-electron chi connectivity index (χ2n) is 8.62. The van der Waals surface area contributed by atoms with Gasteiger partial charge in [0.25, 0.3) is 0 Å². The predicted molar refractivity (Wildman–Crippen MR) is 137 cm³/mol. The van der Waals surface area contributed by atoms with Gasteiger partial charge in [-0.3, -0.25) is 15.4 Å². The second kappa shape index (κ2) is 11.0. The van der Waals surface area contributed by atoms with E-state index in [0.29, 0.717) is 17.4 Å². The van der Waals surface area contributed by atoms with Crippen LogP contribution in [0.25, 0.3) is 0 Å². The lowest BCUT2D eigenvalue weighted by Gasteiger charge is -2.17. The van der Waals surface area contributed by atoms with Gasteiger partial charge in [-0.05, 0) is 66.6 Å². The Morgan fingerprint density at radius 2 is 1.19 bits per heavy atom. The van der Waals surface area contributed by atoms with Crippen LogP contribution in [0, 0.1) is 5.41 Å². The van der Waals surface area contributed by atoms with Crippen LogP contribution < -0.4 is 0 Å². The third-order valence-electron chi connectivity index (χ3n) is 5.72. The van der Waals surface area contributed by atoms with Gasteiger partial charge in [0.1, 0.15) is 0 Å². The number of para-hydroxylation sites is 2. The van der Waals surface area contributed by atoms with E-state index < -0.39 is 0 Å². The molecule has 31 heavy (non-hydrogen) atoms. The first-order valence-electron chi connectivity index (χ1n) is 11.4. The van der Waals surface area contributed by atoms with E-state index >= 15 is 0 Å². The van der Waals surface area contributed by atoms with E-state index in [1.54, 1.807) is 0 Å². The van der Waals surface area contributed by atoms with Crippen LogP contribution in [0.1, 0.15) is 89.5 Å². The van der Waals surface area contributed by atoms with Crippen LogP contribution in [0.3, 0.4) is 0 Å². The Balaban J connectivity index is 2.61. The summed E-state index contributed by atoms with van der Waals surface area (Å²) in [4.78, 5) is 10.0. The summed E-state index contributed by atoms with van der Waals surface area (Å²) in [5, 5.41) is 7.98. The standard InChI is InChI=1S/C28H37N3/c1-9-22-13-11-14-23(10-2)27(22)30-20(7)26(17-29)21(8)31-28-24(18(3)4)15-12-16-25(28)19(5)6/h11-16,18-19,29H,9-10H2,1-8H3. The molecule has 0 atom stereocenters. The van der Waals surface area contributed by atoms with E-state index in [-0.39, 0.29) is 0 Å². The van der Waals surface area contributed by atoms with Crippen molar-refractivity contribution >= 4 is 28.7 Å². The molecule has 0 fully saturated rings. The predicted octanol–water partition coefficient (Wildman–Crippen LogP) is 8.12. The first kappa shape index (κ1) is 24.5. The first-order valence-corrected chi connectivity index (χ1v) is 11.4. The molecule has 0 radical (unpaired) electrons. The van der Waals surface area contributed by atoms with Crippen molar-refractivity contribution in [2.75, 3.05) is 0 Å². The number of nitrogens with zero attached hydrogens (tertiary/aromatic N) is 2. The molecular weight excluding hydrogens is 378 g/mol. The van der Waals surface area contributed by atoms with Crippen molar-refractivity contribution in [3.8, 4) is 0 Å². The number of nitrogens with one attached hydrogen (secondary N) is 1. The number of allylic oxidation sites excluding steroid dienone is 1. The molecule has 3 heteroatoms. The topological polar surface area (TPSA) is 48.6 Å². The maximum absolute atomic E-state index is 7.98. The van der Waals surface area contributed by atoms with Gasteiger partial charge in [0.2, 0.25) is 0 Å². The quantitative estimate of drug-likeness (QED) is 0.423. The summed E-state index contributed by atoms with van der Waals surface area (Å²) < 4.78 is 0. The molecule has 0 bridgehead atoms. The fourth-order valence-electron chi connectivity index (χ4n) is 3.89. The van der Waals surface area contributed by atoms with Crippen molar-refractivity contribution in [1.82, 2.24) is 0 Å². The van der Waals surface area contributed by atoms with Crippen molar-refractivity contribution in [3.63, 3.8) is 0 Å². The Bertz CT molecular complexity index is 984. The number of aliphatic imine (C=N–C) groups is 2. The van der Waals surface area contributed by atoms with Crippen molar-refractivity contribution in [3.05, 3.63) is 64.2 Å². The summed E-state index contributed by atoms with van der Waals surface area (Å²) in [6.07, 6.45) is 1.85. The van der Waals surface area contributed by atoms with Crippen LogP contribution in [-0.2, 0) is 12.8 Å². The van der Waals surface area contributed by atoms with Gasteiger partial charge < -0.3 is 0 Å². The maximum Gasteiger partial charge on any atom is 0.0778 e. The lowest BCUT2D eigenvalue weighted by molar-refractivity contribution is 0.834. The highest BCUT2D eigenvalue weighted by Crippen LogP contribution is 2.35. The minimum Gasteiger partial charge on any atom is -0.258 e. The van der Waals surface area contributed by atoms with Gasteiger partial charge in [-0.25, -0.2) is 0 Å². The lowest BCUT2D eigenvalue weighted by atomic mass is 9.92. The molecule has 164 valence electrons. The number of benzene rings is 2. The number of hydrogen-bond donors (Lipinski definition) is 1. The molecule has 0 aliphatic rings. The molecule has 1 N–H and O–H groups in total. The molecule has 2 aromatic rings.